The molecular weight excluding hydrogens is 252 g/mol. The van der Waals surface area contributed by atoms with E-state index in [0.717, 1.165) is 18.2 Å². The van der Waals surface area contributed by atoms with Gasteiger partial charge in [-0.05, 0) is 45.0 Å². The van der Waals surface area contributed by atoms with Gasteiger partial charge in [0.1, 0.15) is 0 Å². The Kier molecular flexibility index (Phi) is 6.75. The summed E-state index contributed by atoms with van der Waals surface area (Å²) in [6.45, 7) is 4.79. The van der Waals surface area contributed by atoms with Crippen molar-refractivity contribution in [1.29, 1.82) is 0 Å². The van der Waals surface area contributed by atoms with Crippen molar-refractivity contribution in [2.24, 2.45) is 0 Å². The van der Waals surface area contributed by atoms with Gasteiger partial charge in [0.2, 0.25) is 0 Å². The number of thioether (sulfide) groups is 1. The van der Waals surface area contributed by atoms with Crippen LogP contribution in [-0.2, 0) is 6.42 Å². The number of benzene rings is 1. The minimum atomic E-state index is 0.892. The summed E-state index contributed by atoms with van der Waals surface area (Å²) in [7, 11) is 2.24. The molecule has 1 aliphatic rings. The standard InChI is InChI=1S/C16H26N2S/c1-18(12-9-15-5-3-2-4-6-15)13-14-19-16-7-10-17-11-8-16/h2-6,16-17H,7-14H2,1H3. The molecule has 0 saturated carbocycles. The summed E-state index contributed by atoms with van der Waals surface area (Å²) in [6.07, 6.45) is 3.85. The van der Waals surface area contributed by atoms with E-state index >= 15 is 0 Å². The Morgan fingerprint density at radius 2 is 1.89 bits per heavy atom. The molecule has 0 amide bonds. The maximum absolute atomic E-state index is 3.43. The van der Waals surface area contributed by atoms with E-state index < -0.39 is 0 Å². The van der Waals surface area contributed by atoms with Crippen LogP contribution in [0.1, 0.15) is 18.4 Å². The minimum Gasteiger partial charge on any atom is -0.317 e. The van der Waals surface area contributed by atoms with Crippen LogP contribution < -0.4 is 5.32 Å². The Morgan fingerprint density at radius 3 is 2.63 bits per heavy atom. The van der Waals surface area contributed by atoms with E-state index in [1.54, 1.807) is 0 Å². The first kappa shape index (κ1) is 14.9. The van der Waals surface area contributed by atoms with E-state index in [1.165, 1.54) is 43.8 Å². The van der Waals surface area contributed by atoms with Crippen molar-refractivity contribution < 1.29 is 0 Å². The Bertz CT molecular complexity index is 336. The number of piperidine rings is 1. The summed E-state index contributed by atoms with van der Waals surface area (Å²) >= 11 is 2.17. The lowest BCUT2D eigenvalue weighted by atomic mass is 10.1. The number of likely N-dealkylation sites (N-methyl/N-ethyl adjacent to an activating group) is 1. The van der Waals surface area contributed by atoms with Crippen LogP contribution in [0, 0.1) is 0 Å². The van der Waals surface area contributed by atoms with E-state index in [4.69, 9.17) is 0 Å². The molecule has 0 unspecified atom stereocenters. The molecule has 0 bridgehead atoms. The molecule has 0 atom stereocenters. The maximum Gasteiger partial charge on any atom is 0.00716 e. The van der Waals surface area contributed by atoms with Crippen LogP contribution in [0.25, 0.3) is 0 Å². The highest BCUT2D eigenvalue weighted by Crippen LogP contribution is 2.19. The Morgan fingerprint density at radius 1 is 1.16 bits per heavy atom. The number of nitrogens with one attached hydrogen (secondary N) is 1. The first-order valence-corrected chi connectivity index (χ1v) is 8.44. The van der Waals surface area contributed by atoms with E-state index in [0.29, 0.717) is 0 Å². The summed E-state index contributed by atoms with van der Waals surface area (Å²) in [4.78, 5) is 2.46. The second-order valence-corrected chi connectivity index (χ2v) is 6.77. The Balaban J connectivity index is 1.55. The highest BCUT2D eigenvalue weighted by atomic mass is 32.2. The lowest BCUT2D eigenvalue weighted by Gasteiger charge is -2.23. The zero-order chi connectivity index (χ0) is 13.3. The third-order valence-corrected chi connectivity index (χ3v) is 5.10. The van der Waals surface area contributed by atoms with Crippen molar-refractivity contribution in [2.75, 3.05) is 39.0 Å². The van der Waals surface area contributed by atoms with Crippen LogP contribution >= 0.6 is 11.8 Å². The molecule has 2 rings (SSSR count). The predicted octanol–water partition coefficient (Wildman–Crippen LogP) is 2.65. The molecule has 1 saturated heterocycles. The monoisotopic (exact) mass is 278 g/mol. The van der Waals surface area contributed by atoms with Crippen molar-refractivity contribution in [3.63, 3.8) is 0 Å². The molecule has 106 valence electrons. The molecule has 1 N–H and O–H groups in total. The van der Waals surface area contributed by atoms with Gasteiger partial charge >= 0.3 is 0 Å². The van der Waals surface area contributed by atoms with Gasteiger partial charge in [-0.1, -0.05) is 30.3 Å². The van der Waals surface area contributed by atoms with Gasteiger partial charge in [0, 0.05) is 24.1 Å². The highest BCUT2D eigenvalue weighted by Gasteiger charge is 2.12. The van der Waals surface area contributed by atoms with Crippen molar-refractivity contribution in [2.45, 2.75) is 24.5 Å². The van der Waals surface area contributed by atoms with Crippen LogP contribution in [0.15, 0.2) is 30.3 Å². The number of hydrogen-bond acceptors (Lipinski definition) is 3. The topological polar surface area (TPSA) is 15.3 Å². The fourth-order valence-electron chi connectivity index (χ4n) is 2.41. The second-order valence-electron chi connectivity index (χ2n) is 5.36. The van der Waals surface area contributed by atoms with E-state index in [9.17, 15) is 0 Å². The fraction of sp³-hybridized carbons (Fsp3) is 0.625. The van der Waals surface area contributed by atoms with Gasteiger partial charge < -0.3 is 10.2 Å². The van der Waals surface area contributed by atoms with Crippen LogP contribution in [0.2, 0.25) is 0 Å². The lowest BCUT2D eigenvalue weighted by molar-refractivity contribution is 0.360. The van der Waals surface area contributed by atoms with Crippen molar-refractivity contribution in [3.8, 4) is 0 Å². The molecular formula is C16H26N2S. The summed E-state index contributed by atoms with van der Waals surface area (Å²) in [5, 5.41) is 4.32. The third-order valence-electron chi connectivity index (χ3n) is 3.74. The average Bonchev–Trinajstić information content (AvgIpc) is 2.47. The van der Waals surface area contributed by atoms with Crippen molar-refractivity contribution in [3.05, 3.63) is 35.9 Å². The van der Waals surface area contributed by atoms with Crippen LogP contribution in [0.4, 0.5) is 0 Å². The van der Waals surface area contributed by atoms with Gasteiger partial charge in [0.15, 0.2) is 0 Å². The first-order valence-electron chi connectivity index (χ1n) is 7.39. The summed E-state index contributed by atoms with van der Waals surface area (Å²) < 4.78 is 0. The van der Waals surface area contributed by atoms with E-state index in [1.807, 2.05) is 0 Å². The van der Waals surface area contributed by atoms with E-state index in [2.05, 4.69) is 59.4 Å². The molecule has 1 aliphatic heterocycles. The molecule has 3 heteroatoms. The molecule has 0 spiro atoms. The molecule has 1 aromatic carbocycles. The molecule has 0 radical (unpaired) electrons. The van der Waals surface area contributed by atoms with Crippen molar-refractivity contribution >= 4 is 11.8 Å². The highest BCUT2D eigenvalue weighted by molar-refractivity contribution is 7.99. The van der Waals surface area contributed by atoms with Gasteiger partial charge in [-0.3, -0.25) is 0 Å². The molecule has 1 fully saturated rings. The minimum absolute atomic E-state index is 0.892. The first-order chi connectivity index (χ1) is 9.34. The van der Waals surface area contributed by atoms with Gasteiger partial charge in [-0.15, -0.1) is 0 Å². The van der Waals surface area contributed by atoms with Crippen LogP contribution in [0.3, 0.4) is 0 Å². The van der Waals surface area contributed by atoms with Crippen molar-refractivity contribution in [1.82, 2.24) is 10.2 Å². The third kappa shape index (κ3) is 5.98. The SMILES string of the molecule is CN(CCSC1CCNCC1)CCc1ccccc1. The molecule has 19 heavy (non-hydrogen) atoms. The zero-order valence-electron chi connectivity index (χ0n) is 12.0. The van der Waals surface area contributed by atoms with Gasteiger partial charge in [0.25, 0.3) is 0 Å². The van der Waals surface area contributed by atoms with Gasteiger partial charge in [-0.25, -0.2) is 0 Å². The molecule has 0 aromatic heterocycles. The zero-order valence-corrected chi connectivity index (χ0v) is 12.8. The average molecular weight is 278 g/mol. The Labute approximate surface area is 122 Å². The molecule has 1 aromatic rings. The van der Waals surface area contributed by atoms with Gasteiger partial charge in [0.05, 0.1) is 0 Å². The summed E-state index contributed by atoms with van der Waals surface area (Å²) in [5.41, 5.74) is 1.44. The van der Waals surface area contributed by atoms with Gasteiger partial charge in [-0.2, -0.15) is 11.8 Å². The van der Waals surface area contributed by atoms with E-state index in [-0.39, 0.29) is 0 Å². The smallest absolute Gasteiger partial charge is 0.00716 e. The number of nitrogens with zero attached hydrogens (tertiary/aromatic N) is 1. The second kappa shape index (κ2) is 8.62. The number of hydrogen-bond donors (Lipinski definition) is 1. The fourth-order valence-corrected chi connectivity index (χ4v) is 3.73. The quantitative estimate of drug-likeness (QED) is 0.825. The summed E-state index contributed by atoms with van der Waals surface area (Å²) in [6, 6.07) is 10.8. The largest absolute Gasteiger partial charge is 0.317 e. The van der Waals surface area contributed by atoms with Crippen LogP contribution in [-0.4, -0.2) is 49.1 Å². The Hall–Kier alpha value is -0.510. The normalized spacial score (nSPS) is 16.9. The summed E-state index contributed by atoms with van der Waals surface area (Å²) in [5.74, 6) is 1.27. The maximum atomic E-state index is 3.43. The molecule has 2 nitrogen and oxygen atoms in total. The lowest BCUT2D eigenvalue weighted by Crippen LogP contribution is -2.30. The number of rotatable bonds is 7. The molecule has 0 aliphatic carbocycles. The van der Waals surface area contributed by atoms with Crippen LogP contribution in [0.5, 0.6) is 0 Å². The molecule has 1 heterocycles. The predicted molar refractivity (Wildman–Crippen MR) is 86.0 cm³/mol.